The number of aliphatic hydroxyl groups is 1. The Bertz CT molecular complexity index is 406. The van der Waals surface area contributed by atoms with Crippen LogP contribution in [0, 0.1) is 0 Å². The van der Waals surface area contributed by atoms with E-state index in [2.05, 4.69) is 0 Å². The van der Waals surface area contributed by atoms with Gasteiger partial charge in [0, 0.05) is 15.3 Å². The summed E-state index contributed by atoms with van der Waals surface area (Å²) in [7, 11) is 0. The van der Waals surface area contributed by atoms with Gasteiger partial charge in [-0.05, 0) is 36.7 Å². The maximum absolute atomic E-state index is 11.0. The van der Waals surface area contributed by atoms with Gasteiger partial charge in [0.1, 0.15) is 0 Å². The summed E-state index contributed by atoms with van der Waals surface area (Å²) in [5.74, 6) is 0. The predicted octanol–water partition coefficient (Wildman–Crippen LogP) is 2.78. The number of nitrogens with two attached hydrogens (primary N) is 1. The highest BCUT2D eigenvalue weighted by Gasteiger charge is 2.45. The molecule has 0 bridgehead atoms. The fourth-order valence-corrected chi connectivity index (χ4v) is 3.80. The van der Waals surface area contributed by atoms with Gasteiger partial charge in [-0.2, -0.15) is 0 Å². The molecular formula is C12H15NOS2. The molecular weight excluding hydrogens is 238 g/mol. The molecule has 0 radical (unpaired) electrons. The van der Waals surface area contributed by atoms with E-state index < -0.39 is 11.1 Å². The molecule has 16 heavy (non-hydrogen) atoms. The summed E-state index contributed by atoms with van der Waals surface area (Å²) in [6, 6.07) is 7.73. The smallest absolute Gasteiger partial charge is 0.150 e. The molecule has 0 aliphatic carbocycles. The molecule has 0 amide bonds. The van der Waals surface area contributed by atoms with Gasteiger partial charge in [0.05, 0.1) is 0 Å². The van der Waals surface area contributed by atoms with Gasteiger partial charge in [0.15, 0.2) is 5.60 Å². The quantitative estimate of drug-likeness (QED) is 0.883. The van der Waals surface area contributed by atoms with Crippen molar-refractivity contribution in [2.45, 2.75) is 25.0 Å². The maximum atomic E-state index is 11.0. The highest BCUT2D eigenvalue weighted by atomic mass is 32.1. The zero-order valence-corrected chi connectivity index (χ0v) is 10.9. The molecule has 0 aliphatic heterocycles. The van der Waals surface area contributed by atoms with E-state index in [0.29, 0.717) is 0 Å². The first-order valence-electron chi connectivity index (χ1n) is 5.05. The molecule has 2 nitrogen and oxygen atoms in total. The maximum Gasteiger partial charge on any atom is 0.150 e. The van der Waals surface area contributed by atoms with Crippen molar-refractivity contribution in [2.75, 3.05) is 0 Å². The minimum atomic E-state index is -1.10. The third kappa shape index (κ3) is 1.72. The van der Waals surface area contributed by atoms with Crippen LogP contribution in [0.25, 0.3) is 0 Å². The molecule has 0 saturated carbocycles. The van der Waals surface area contributed by atoms with Gasteiger partial charge in [-0.15, -0.1) is 22.7 Å². The molecule has 4 heteroatoms. The monoisotopic (exact) mass is 253 g/mol. The minimum absolute atomic E-state index is 0.720. The first-order chi connectivity index (χ1) is 7.46. The van der Waals surface area contributed by atoms with Gasteiger partial charge in [-0.1, -0.05) is 12.1 Å². The van der Waals surface area contributed by atoms with Crippen LogP contribution < -0.4 is 5.73 Å². The SMILES string of the molecule is CC(C)(N)C(O)(c1cccs1)c1cccs1. The molecule has 0 aliphatic rings. The van der Waals surface area contributed by atoms with E-state index in [-0.39, 0.29) is 0 Å². The van der Waals surface area contributed by atoms with E-state index >= 15 is 0 Å². The lowest BCUT2D eigenvalue weighted by Gasteiger charge is -2.38. The molecule has 0 saturated heterocycles. The van der Waals surface area contributed by atoms with Crippen LogP contribution in [-0.4, -0.2) is 10.6 Å². The molecule has 0 unspecified atom stereocenters. The largest absolute Gasteiger partial charge is 0.377 e. The van der Waals surface area contributed by atoms with Crippen LogP contribution in [-0.2, 0) is 5.60 Å². The van der Waals surface area contributed by atoms with Gasteiger partial charge >= 0.3 is 0 Å². The summed E-state index contributed by atoms with van der Waals surface area (Å²) < 4.78 is 0. The summed E-state index contributed by atoms with van der Waals surface area (Å²) in [4.78, 5) is 1.78. The fraction of sp³-hybridized carbons (Fsp3) is 0.333. The lowest BCUT2D eigenvalue weighted by Crippen LogP contribution is -2.54. The molecule has 86 valence electrons. The lowest BCUT2D eigenvalue weighted by atomic mass is 9.81. The molecule has 2 aromatic heterocycles. The number of rotatable bonds is 3. The summed E-state index contributed by atoms with van der Waals surface area (Å²) >= 11 is 3.06. The van der Waals surface area contributed by atoms with E-state index in [1.54, 1.807) is 0 Å². The average molecular weight is 253 g/mol. The predicted molar refractivity (Wildman–Crippen MR) is 69.9 cm³/mol. The summed E-state index contributed by atoms with van der Waals surface area (Å²) in [5.41, 5.74) is 4.34. The van der Waals surface area contributed by atoms with E-state index in [1.165, 1.54) is 22.7 Å². The van der Waals surface area contributed by atoms with Crippen molar-refractivity contribution in [1.82, 2.24) is 0 Å². The van der Waals surface area contributed by atoms with Gasteiger partial charge in [0.2, 0.25) is 0 Å². The Kier molecular flexibility index (Phi) is 2.92. The van der Waals surface area contributed by atoms with Crippen molar-refractivity contribution in [3.63, 3.8) is 0 Å². The molecule has 2 heterocycles. The van der Waals surface area contributed by atoms with Crippen molar-refractivity contribution in [1.29, 1.82) is 0 Å². The highest BCUT2D eigenvalue weighted by molar-refractivity contribution is 7.11. The van der Waals surface area contributed by atoms with E-state index in [0.717, 1.165) is 9.75 Å². The van der Waals surface area contributed by atoms with Gasteiger partial charge < -0.3 is 10.8 Å². The standard InChI is InChI=1S/C12H15NOS2/c1-11(2,13)12(14,9-5-3-7-15-9)10-6-4-8-16-10/h3-8,14H,13H2,1-2H3. The van der Waals surface area contributed by atoms with E-state index in [1.807, 2.05) is 48.9 Å². The van der Waals surface area contributed by atoms with Crippen LogP contribution in [0.1, 0.15) is 23.6 Å². The van der Waals surface area contributed by atoms with Crippen LogP contribution in [0.5, 0.6) is 0 Å². The second-order valence-corrected chi connectivity index (χ2v) is 6.28. The Balaban J connectivity index is 2.59. The minimum Gasteiger partial charge on any atom is -0.377 e. The van der Waals surface area contributed by atoms with Crippen LogP contribution in [0.4, 0.5) is 0 Å². The first kappa shape index (κ1) is 11.8. The zero-order chi connectivity index (χ0) is 11.8. The van der Waals surface area contributed by atoms with Gasteiger partial charge in [-0.3, -0.25) is 0 Å². The summed E-state index contributed by atoms with van der Waals surface area (Å²) in [5, 5.41) is 14.9. The van der Waals surface area contributed by atoms with Gasteiger partial charge in [0.25, 0.3) is 0 Å². The van der Waals surface area contributed by atoms with Crippen molar-refractivity contribution in [3.05, 3.63) is 44.8 Å². The lowest BCUT2D eigenvalue weighted by molar-refractivity contribution is 0.0200. The number of thiophene rings is 2. The number of hydrogen-bond donors (Lipinski definition) is 2. The molecule has 0 spiro atoms. The van der Waals surface area contributed by atoms with E-state index in [9.17, 15) is 5.11 Å². The molecule has 2 rings (SSSR count). The molecule has 2 aromatic rings. The van der Waals surface area contributed by atoms with Crippen LogP contribution in [0.2, 0.25) is 0 Å². The third-order valence-electron chi connectivity index (χ3n) is 2.69. The fourth-order valence-electron chi connectivity index (χ4n) is 1.73. The third-order valence-corrected chi connectivity index (χ3v) is 4.65. The number of hydrogen-bond acceptors (Lipinski definition) is 4. The Hall–Kier alpha value is -0.680. The Morgan fingerprint density at radius 3 is 1.75 bits per heavy atom. The summed E-state index contributed by atoms with van der Waals surface area (Å²) in [6.07, 6.45) is 0. The van der Waals surface area contributed by atoms with Crippen LogP contribution >= 0.6 is 22.7 Å². The Morgan fingerprint density at radius 2 is 1.50 bits per heavy atom. The van der Waals surface area contributed by atoms with Crippen LogP contribution in [0.3, 0.4) is 0 Å². The normalized spacial score (nSPS) is 13.0. The van der Waals surface area contributed by atoms with Crippen molar-refractivity contribution < 1.29 is 5.11 Å². The van der Waals surface area contributed by atoms with Gasteiger partial charge in [-0.25, -0.2) is 0 Å². The van der Waals surface area contributed by atoms with Crippen molar-refractivity contribution >= 4 is 22.7 Å². The molecule has 0 fully saturated rings. The summed E-state index contributed by atoms with van der Waals surface area (Å²) in [6.45, 7) is 3.71. The van der Waals surface area contributed by atoms with E-state index in [4.69, 9.17) is 5.73 Å². The zero-order valence-electron chi connectivity index (χ0n) is 9.31. The Labute approximate surface area is 103 Å². The molecule has 0 atom stereocenters. The first-order valence-corrected chi connectivity index (χ1v) is 6.81. The highest BCUT2D eigenvalue weighted by Crippen LogP contribution is 2.42. The van der Waals surface area contributed by atoms with Crippen molar-refractivity contribution in [2.24, 2.45) is 5.73 Å². The van der Waals surface area contributed by atoms with Crippen LogP contribution in [0.15, 0.2) is 35.0 Å². The average Bonchev–Trinajstić information content (AvgIpc) is 2.88. The molecule has 0 aromatic carbocycles. The van der Waals surface area contributed by atoms with Crippen molar-refractivity contribution in [3.8, 4) is 0 Å². The molecule has 3 N–H and O–H groups in total. The second-order valence-electron chi connectivity index (χ2n) is 4.39. The topological polar surface area (TPSA) is 46.2 Å². The second kappa shape index (κ2) is 3.96. The Morgan fingerprint density at radius 1 is 1.06 bits per heavy atom.